The second-order valence-corrected chi connectivity index (χ2v) is 9.26. The third-order valence-corrected chi connectivity index (χ3v) is 7.09. The van der Waals surface area contributed by atoms with Crippen molar-refractivity contribution in [1.82, 2.24) is 9.46 Å². The second-order valence-electron chi connectivity index (χ2n) is 7.34. The number of nitrogens with zero attached hydrogens (tertiary/aromatic N) is 2. The Morgan fingerprint density at radius 1 is 1.14 bits per heavy atom. The largest absolute Gasteiger partial charge is 0.497 e. The molecule has 1 saturated heterocycles. The summed E-state index contributed by atoms with van der Waals surface area (Å²) in [5, 5.41) is 4.05. The lowest BCUT2D eigenvalue weighted by molar-refractivity contribution is 0.375. The SMILES string of the molecule is COc1ccc([C@@H]2CCCN2S(=O)(=O)Cc2cc(-c3ccc(C)cc3)no2)cc1. The molecule has 6 nitrogen and oxygen atoms in total. The van der Waals surface area contributed by atoms with Crippen LogP contribution in [0.3, 0.4) is 0 Å². The average Bonchev–Trinajstić information content (AvgIpc) is 3.38. The summed E-state index contributed by atoms with van der Waals surface area (Å²) in [4.78, 5) is 0. The molecule has 7 heteroatoms. The van der Waals surface area contributed by atoms with Crippen LogP contribution in [-0.4, -0.2) is 31.5 Å². The van der Waals surface area contributed by atoms with E-state index in [1.165, 1.54) is 0 Å². The van der Waals surface area contributed by atoms with Crippen molar-refractivity contribution >= 4 is 10.0 Å². The highest BCUT2D eigenvalue weighted by Crippen LogP contribution is 2.36. The van der Waals surface area contributed by atoms with Gasteiger partial charge in [0.05, 0.1) is 7.11 Å². The molecule has 1 aliphatic heterocycles. The first-order chi connectivity index (χ1) is 14.0. The van der Waals surface area contributed by atoms with Crippen molar-refractivity contribution in [2.24, 2.45) is 0 Å². The normalized spacial score (nSPS) is 17.5. The van der Waals surface area contributed by atoms with Gasteiger partial charge in [0.15, 0.2) is 5.76 Å². The highest BCUT2D eigenvalue weighted by atomic mass is 32.2. The van der Waals surface area contributed by atoms with Crippen LogP contribution in [0.2, 0.25) is 0 Å². The van der Waals surface area contributed by atoms with E-state index < -0.39 is 10.0 Å². The van der Waals surface area contributed by atoms with Gasteiger partial charge in [-0.2, -0.15) is 4.31 Å². The van der Waals surface area contributed by atoms with Gasteiger partial charge < -0.3 is 9.26 Å². The Bertz CT molecular complexity index is 1070. The van der Waals surface area contributed by atoms with E-state index in [4.69, 9.17) is 9.26 Å². The Labute approximate surface area is 171 Å². The van der Waals surface area contributed by atoms with Gasteiger partial charge in [0, 0.05) is 24.2 Å². The van der Waals surface area contributed by atoms with Gasteiger partial charge in [-0.1, -0.05) is 47.1 Å². The lowest BCUT2D eigenvalue weighted by Crippen LogP contribution is -2.31. The van der Waals surface area contributed by atoms with Crippen molar-refractivity contribution < 1.29 is 17.7 Å². The smallest absolute Gasteiger partial charge is 0.222 e. The number of benzene rings is 2. The number of methoxy groups -OCH3 is 1. The number of aryl methyl sites for hydroxylation is 1. The number of hydrogen-bond donors (Lipinski definition) is 0. The van der Waals surface area contributed by atoms with Crippen molar-refractivity contribution in [2.45, 2.75) is 31.6 Å². The third kappa shape index (κ3) is 4.21. The molecule has 0 spiro atoms. The monoisotopic (exact) mass is 412 g/mol. The number of hydrogen-bond acceptors (Lipinski definition) is 5. The molecule has 29 heavy (non-hydrogen) atoms. The van der Waals surface area contributed by atoms with Gasteiger partial charge >= 0.3 is 0 Å². The van der Waals surface area contributed by atoms with Crippen molar-refractivity contribution in [3.63, 3.8) is 0 Å². The zero-order chi connectivity index (χ0) is 20.4. The summed E-state index contributed by atoms with van der Waals surface area (Å²) < 4.78 is 38.4. The standard InChI is InChI=1S/C22H24N2O4S/c1-16-5-7-17(8-6-16)21-14-20(28-23-21)15-29(25,26)24-13-3-4-22(24)18-9-11-19(27-2)12-10-18/h5-12,14,22H,3-4,13,15H2,1-2H3/t22-/m0/s1. The van der Waals surface area contributed by atoms with E-state index >= 15 is 0 Å². The van der Waals surface area contributed by atoms with Crippen LogP contribution in [0.5, 0.6) is 5.75 Å². The molecule has 1 aromatic heterocycles. The Hall–Kier alpha value is -2.64. The molecule has 1 atom stereocenters. The van der Waals surface area contributed by atoms with Crippen LogP contribution in [0.4, 0.5) is 0 Å². The number of sulfonamides is 1. The van der Waals surface area contributed by atoms with Gasteiger partial charge in [-0.25, -0.2) is 8.42 Å². The highest BCUT2D eigenvalue weighted by Gasteiger charge is 2.36. The van der Waals surface area contributed by atoms with Crippen molar-refractivity contribution in [3.05, 3.63) is 71.5 Å². The van der Waals surface area contributed by atoms with Crippen LogP contribution in [0.15, 0.2) is 59.1 Å². The summed E-state index contributed by atoms with van der Waals surface area (Å²) in [5.74, 6) is 0.908. The van der Waals surface area contributed by atoms with Crippen LogP contribution < -0.4 is 4.74 Å². The molecule has 3 aromatic rings. The van der Waals surface area contributed by atoms with Crippen molar-refractivity contribution in [2.75, 3.05) is 13.7 Å². The fourth-order valence-electron chi connectivity index (χ4n) is 3.74. The lowest BCUT2D eigenvalue weighted by Gasteiger charge is -2.24. The van der Waals surface area contributed by atoms with E-state index in [-0.39, 0.29) is 11.8 Å². The van der Waals surface area contributed by atoms with Crippen molar-refractivity contribution in [1.29, 1.82) is 0 Å². The zero-order valence-corrected chi connectivity index (χ0v) is 17.4. The highest BCUT2D eigenvalue weighted by molar-refractivity contribution is 7.88. The molecule has 1 aliphatic rings. The maximum Gasteiger partial charge on any atom is 0.222 e. The molecule has 0 saturated carbocycles. The maximum absolute atomic E-state index is 13.1. The van der Waals surface area contributed by atoms with Gasteiger partial charge in [0.25, 0.3) is 0 Å². The van der Waals surface area contributed by atoms with Gasteiger partial charge in [0.2, 0.25) is 10.0 Å². The predicted molar refractivity (Wildman–Crippen MR) is 111 cm³/mol. The third-order valence-electron chi connectivity index (χ3n) is 5.29. The van der Waals surface area contributed by atoms with Gasteiger partial charge in [-0.3, -0.25) is 0 Å². The first-order valence-electron chi connectivity index (χ1n) is 9.62. The van der Waals surface area contributed by atoms with Crippen LogP contribution in [0, 0.1) is 6.92 Å². The summed E-state index contributed by atoms with van der Waals surface area (Å²) in [7, 11) is -1.92. The lowest BCUT2D eigenvalue weighted by atomic mass is 10.1. The zero-order valence-electron chi connectivity index (χ0n) is 16.5. The number of rotatable bonds is 6. The molecule has 1 fully saturated rings. The maximum atomic E-state index is 13.1. The van der Waals surface area contributed by atoms with E-state index in [0.29, 0.717) is 18.0 Å². The topological polar surface area (TPSA) is 72.6 Å². The van der Waals surface area contributed by atoms with Crippen molar-refractivity contribution in [3.8, 4) is 17.0 Å². The Kier molecular flexibility index (Phi) is 5.43. The molecular weight excluding hydrogens is 388 g/mol. The fraction of sp³-hybridized carbons (Fsp3) is 0.318. The molecule has 0 bridgehead atoms. The summed E-state index contributed by atoms with van der Waals surface area (Å²) in [6.45, 7) is 2.53. The molecule has 0 unspecified atom stereocenters. The average molecular weight is 413 g/mol. The first kappa shape index (κ1) is 19.7. The molecule has 4 rings (SSSR count). The van der Waals surface area contributed by atoms with Crippen LogP contribution >= 0.6 is 0 Å². The fourth-order valence-corrected chi connectivity index (χ4v) is 5.42. The molecule has 2 aromatic carbocycles. The molecular formula is C22H24N2O4S. The Morgan fingerprint density at radius 3 is 2.55 bits per heavy atom. The quantitative estimate of drug-likeness (QED) is 0.603. The van der Waals surface area contributed by atoms with E-state index in [1.54, 1.807) is 17.5 Å². The Morgan fingerprint density at radius 2 is 1.86 bits per heavy atom. The van der Waals surface area contributed by atoms with E-state index in [0.717, 1.165) is 35.3 Å². The molecule has 0 radical (unpaired) electrons. The van der Waals surface area contributed by atoms with Crippen LogP contribution in [-0.2, 0) is 15.8 Å². The summed E-state index contributed by atoms with van der Waals surface area (Å²) in [6.07, 6.45) is 1.64. The molecule has 0 amide bonds. The molecule has 0 N–H and O–H groups in total. The minimum atomic E-state index is -3.53. The summed E-state index contributed by atoms with van der Waals surface area (Å²) >= 11 is 0. The van der Waals surface area contributed by atoms with Crippen LogP contribution in [0.25, 0.3) is 11.3 Å². The van der Waals surface area contributed by atoms with Gasteiger partial charge in [0.1, 0.15) is 17.2 Å². The molecule has 152 valence electrons. The van der Waals surface area contributed by atoms with E-state index in [9.17, 15) is 8.42 Å². The minimum absolute atomic E-state index is 0.162. The summed E-state index contributed by atoms with van der Waals surface area (Å²) in [5.41, 5.74) is 3.67. The second kappa shape index (κ2) is 8.00. The Balaban J connectivity index is 1.52. The minimum Gasteiger partial charge on any atom is -0.497 e. The predicted octanol–water partition coefficient (Wildman–Crippen LogP) is 4.33. The van der Waals surface area contributed by atoms with E-state index in [1.807, 2.05) is 55.5 Å². The molecule has 0 aliphatic carbocycles. The van der Waals surface area contributed by atoms with Gasteiger partial charge in [-0.15, -0.1) is 0 Å². The number of aromatic nitrogens is 1. The first-order valence-corrected chi connectivity index (χ1v) is 11.2. The summed E-state index contributed by atoms with van der Waals surface area (Å²) in [6, 6.07) is 17.0. The van der Waals surface area contributed by atoms with E-state index in [2.05, 4.69) is 5.16 Å². The van der Waals surface area contributed by atoms with Crippen LogP contribution in [0.1, 0.15) is 35.8 Å². The molecule has 2 heterocycles. The number of ether oxygens (including phenoxy) is 1. The van der Waals surface area contributed by atoms with Gasteiger partial charge in [-0.05, 0) is 37.5 Å².